The van der Waals surface area contributed by atoms with E-state index < -0.39 is 0 Å². The van der Waals surface area contributed by atoms with Gasteiger partial charge in [-0.3, -0.25) is 0 Å². The minimum atomic E-state index is 0.827. The average molecular weight is 466 g/mol. The number of halogens is 1. The van der Waals surface area contributed by atoms with Crippen molar-refractivity contribution in [1.29, 1.82) is 0 Å². The Balaban J connectivity index is 1.94. The summed E-state index contributed by atoms with van der Waals surface area (Å²) in [5.41, 5.74) is 5.18. The topological polar surface area (TPSA) is 52.1 Å². The van der Waals surface area contributed by atoms with E-state index in [1.807, 2.05) is 36.5 Å². The lowest BCUT2D eigenvalue weighted by molar-refractivity contribution is 0.414. The molecule has 4 aromatic rings. The number of nitrogens with zero attached hydrogens (tertiary/aromatic N) is 2. The van der Waals surface area contributed by atoms with Gasteiger partial charge < -0.3 is 19.0 Å². The van der Waals surface area contributed by atoms with E-state index in [4.69, 9.17) is 14.5 Å². The Bertz CT molecular complexity index is 1080. The van der Waals surface area contributed by atoms with E-state index in [1.165, 1.54) is 0 Å². The van der Waals surface area contributed by atoms with Crippen molar-refractivity contribution in [3.05, 3.63) is 66.9 Å². The Morgan fingerprint density at radius 2 is 1.53 bits per heavy atom. The fourth-order valence-corrected chi connectivity index (χ4v) is 3.81. The molecule has 0 bridgehead atoms. The highest BCUT2D eigenvalue weighted by Crippen LogP contribution is 2.37. The Morgan fingerprint density at radius 1 is 0.900 bits per heavy atom. The molecule has 2 heterocycles. The third-order valence-electron chi connectivity index (χ3n) is 5.05. The van der Waals surface area contributed by atoms with E-state index in [0.717, 1.165) is 63.8 Å². The first-order valence-electron chi connectivity index (χ1n) is 9.84. The lowest BCUT2D eigenvalue weighted by atomic mass is 10.0. The van der Waals surface area contributed by atoms with Gasteiger partial charge in [0.25, 0.3) is 0 Å². The number of ether oxygens (including phenoxy) is 2. The molecule has 1 N–H and O–H groups in total. The summed E-state index contributed by atoms with van der Waals surface area (Å²) in [5, 5.41) is 0.926. The van der Waals surface area contributed by atoms with Gasteiger partial charge in [0.15, 0.2) is 5.82 Å². The predicted octanol–water partition coefficient (Wildman–Crippen LogP) is 6.01. The summed E-state index contributed by atoms with van der Waals surface area (Å²) in [6.07, 6.45) is 2.92. The summed E-state index contributed by atoms with van der Waals surface area (Å²) in [5.74, 6) is 2.59. The Labute approximate surface area is 184 Å². The van der Waals surface area contributed by atoms with Crippen molar-refractivity contribution in [2.45, 2.75) is 13.0 Å². The highest BCUT2D eigenvalue weighted by atomic mass is 79.9. The number of imidazole rings is 1. The van der Waals surface area contributed by atoms with Crippen molar-refractivity contribution in [2.24, 2.45) is 0 Å². The fourth-order valence-electron chi connectivity index (χ4n) is 3.56. The molecule has 2 aromatic carbocycles. The van der Waals surface area contributed by atoms with Crippen molar-refractivity contribution in [2.75, 3.05) is 19.5 Å². The normalized spacial score (nSPS) is 10.9. The standard InChI is InChI=1S/C24H24BrN3O2/c1-29-19-10-6-17(7-11-19)22-23(18-8-12-20(30-2)13-9-18)28(16-4-14-25)24(27-22)21-5-3-15-26-21/h3,5-13,15,26H,4,14,16H2,1-2H3. The summed E-state index contributed by atoms with van der Waals surface area (Å²) in [6, 6.07) is 20.3. The summed E-state index contributed by atoms with van der Waals surface area (Å²) < 4.78 is 13.0. The van der Waals surface area contributed by atoms with E-state index in [0.29, 0.717) is 0 Å². The molecule has 2 aromatic heterocycles. The van der Waals surface area contributed by atoms with Crippen LogP contribution in [0.15, 0.2) is 66.9 Å². The number of alkyl halides is 1. The third kappa shape index (κ3) is 4.00. The Morgan fingerprint density at radius 3 is 2.07 bits per heavy atom. The van der Waals surface area contributed by atoms with Crippen molar-refractivity contribution < 1.29 is 9.47 Å². The van der Waals surface area contributed by atoms with Crippen LogP contribution < -0.4 is 9.47 Å². The van der Waals surface area contributed by atoms with Crippen LogP contribution in [0.1, 0.15) is 6.42 Å². The molecule has 0 aliphatic rings. The molecule has 0 unspecified atom stereocenters. The van der Waals surface area contributed by atoms with Gasteiger partial charge in [0.1, 0.15) is 11.5 Å². The molecular formula is C24H24BrN3O2. The highest BCUT2D eigenvalue weighted by Gasteiger charge is 2.21. The maximum atomic E-state index is 5.36. The zero-order valence-corrected chi connectivity index (χ0v) is 18.6. The second kappa shape index (κ2) is 9.22. The zero-order chi connectivity index (χ0) is 20.9. The van der Waals surface area contributed by atoms with Gasteiger partial charge in [-0.05, 0) is 67.1 Å². The first-order chi connectivity index (χ1) is 14.7. The largest absolute Gasteiger partial charge is 0.497 e. The smallest absolute Gasteiger partial charge is 0.157 e. The van der Waals surface area contributed by atoms with Crippen LogP contribution in [0.2, 0.25) is 0 Å². The van der Waals surface area contributed by atoms with Crippen LogP contribution in [0.25, 0.3) is 34.0 Å². The maximum absolute atomic E-state index is 5.36. The van der Waals surface area contributed by atoms with Gasteiger partial charge in [-0.2, -0.15) is 0 Å². The second-order valence-electron chi connectivity index (χ2n) is 6.87. The van der Waals surface area contributed by atoms with Crippen molar-refractivity contribution in [3.8, 4) is 45.5 Å². The fraction of sp³-hybridized carbons (Fsp3) is 0.208. The van der Waals surface area contributed by atoms with E-state index in [-0.39, 0.29) is 0 Å². The van der Waals surface area contributed by atoms with Crippen molar-refractivity contribution in [1.82, 2.24) is 14.5 Å². The number of hydrogen-bond donors (Lipinski definition) is 1. The molecule has 0 amide bonds. The molecule has 0 saturated heterocycles. The monoisotopic (exact) mass is 465 g/mol. The van der Waals surface area contributed by atoms with Crippen molar-refractivity contribution >= 4 is 15.9 Å². The molecule has 0 fully saturated rings. The molecule has 5 nitrogen and oxygen atoms in total. The van der Waals surface area contributed by atoms with Crippen LogP contribution in [0.4, 0.5) is 0 Å². The average Bonchev–Trinajstić information content (AvgIpc) is 3.46. The number of methoxy groups -OCH3 is 2. The zero-order valence-electron chi connectivity index (χ0n) is 17.1. The summed E-state index contributed by atoms with van der Waals surface area (Å²) >= 11 is 3.58. The number of nitrogens with one attached hydrogen (secondary N) is 1. The number of hydrogen-bond acceptors (Lipinski definition) is 3. The van der Waals surface area contributed by atoms with Crippen LogP contribution in [0, 0.1) is 0 Å². The molecular weight excluding hydrogens is 442 g/mol. The SMILES string of the molecule is COc1ccc(-c2nc(-c3ccc[nH]3)n(CCCBr)c2-c2ccc(OC)cc2)cc1. The number of aromatic nitrogens is 3. The van der Waals surface area contributed by atoms with Crippen LogP contribution in [0.3, 0.4) is 0 Å². The van der Waals surface area contributed by atoms with Gasteiger partial charge in [-0.25, -0.2) is 4.98 Å². The van der Waals surface area contributed by atoms with Gasteiger partial charge in [-0.1, -0.05) is 15.9 Å². The molecule has 0 aliphatic heterocycles. The van der Waals surface area contributed by atoms with Crippen LogP contribution in [-0.4, -0.2) is 34.1 Å². The molecule has 0 saturated carbocycles. The van der Waals surface area contributed by atoms with Gasteiger partial charge in [0.05, 0.1) is 31.3 Å². The second-order valence-corrected chi connectivity index (χ2v) is 7.66. The number of benzene rings is 2. The summed E-state index contributed by atoms with van der Waals surface area (Å²) in [7, 11) is 3.36. The Hall–Kier alpha value is -2.99. The molecule has 6 heteroatoms. The van der Waals surface area contributed by atoms with E-state index in [9.17, 15) is 0 Å². The third-order valence-corrected chi connectivity index (χ3v) is 5.61. The lowest BCUT2D eigenvalue weighted by Gasteiger charge is -2.13. The number of H-pyrrole nitrogens is 1. The van der Waals surface area contributed by atoms with Crippen LogP contribution >= 0.6 is 15.9 Å². The molecule has 154 valence electrons. The van der Waals surface area contributed by atoms with E-state index in [2.05, 4.69) is 55.8 Å². The lowest BCUT2D eigenvalue weighted by Crippen LogP contribution is -2.04. The van der Waals surface area contributed by atoms with Crippen molar-refractivity contribution in [3.63, 3.8) is 0 Å². The van der Waals surface area contributed by atoms with Crippen LogP contribution in [-0.2, 0) is 6.54 Å². The van der Waals surface area contributed by atoms with E-state index in [1.54, 1.807) is 14.2 Å². The van der Waals surface area contributed by atoms with Gasteiger partial charge in [-0.15, -0.1) is 0 Å². The summed E-state index contributed by atoms with van der Waals surface area (Å²) in [4.78, 5) is 8.41. The number of rotatable bonds is 8. The maximum Gasteiger partial charge on any atom is 0.157 e. The van der Waals surface area contributed by atoms with E-state index >= 15 is 0 Å². The minimum Gasteiger partial charge on any atom is -0.497 e. The minimum absolute atomic E-state index is 0.827. The molecule has 4 rings (SSSR count). The Kier molecular flexibility index (Phi) is 6.23. The molecule has 0 radical (unpaired) electrons. The number of aromatic amines is 1. The summed E-state index contributed by atoms with van der Waals surface area (Å²) in [6.45, 7) is 0.851. The quantitative estimate of drug-likeness (QED) is 0.324. The molecule has 0 aliphatic carbocycles. The molecule has 0 atom stereocenters. The predicted molar refractivity (Wildman–Crippen MR) is 124 cm³/mol. The molecule has 0 spiro atoms. The highest BCUT2D eigenvalue weighted by molar-refractivity contribution is 9.09. The van der Waals surface area contributed by atoms with Gasteiger partial charge in [0, 0.05) is 29.2 Å². The van der Waals surface area contributed by atoms with Gasteiger partial charge in [0.2, 0.25) is 0 Å². The molecule has 30 heavy (non-hydrogen) atoms. The first kappa shape index (κ1) is 20.3. The first-order valence-corrected chi connectivity index (χ1v) is 11.0. The van der Waals surface area contributed by atoms with Crippen LogP contribution in [0.5, 0.6) is 11.5 Å². The van der Waals surface area contributed by atoms with Gasteiger partial charge >= 0.3 is 0 Å².